The number of hydrogen-bond acceptors (Lipinski definition) is 5. The van der Waals surface area contributed by atoms with Gasteiger partial charge in [0.2, 0.25) is 0 Å². The molecule has 3 atom stereocenters. The summed E-state index contributed by atoms with van der Waals surface area (Å²) in [6.07, 6.45) is 0.733. The van der Waals surface area contributed by atoms with Gasteiger partial charge in [0.15, 0.2) is 0 Å². The van der Waals surface area contributed by atoms with Crippen LogP contribution >= 0.6 is 24.8 Å². The molecule has 5 nitrogen and oxygen atoms in total. The molecule has 0 N–H and O–H groups in total. The molecule has 2 aromatic rings. The number of hydrogen-bond donors (Lipinski definition) is 0. The average Bonchev–Trinajstić information content (AvgIpc) is 2.77. The van der Waals surface area contributed by atoms with Crippen LogP contribution in [0, 0.1) is 0 Å². The van der Waals surface area contributed by atoms with Crippen molar-refractivity contribution in [2.24, 2.45) is 0 Å². The summed E-state index contributed by atoms with van der Waals surface area (Å²) in [4.78, 5) is 8.43. The zero-order valence-corrected chi connectivity index (χ0v) is 19.2. The van der Waals surface area contributed by atoms with Crippen molar-refractivity contribution in [3.05, 3.63) is 71.3 Å². The molecule has 4 rings (SSSR count). The van der Waals surface area contributed by atoms with Gasteiger partial charge in [-0.1, -0.05) is 54.6 Å². The van der Waals surface area contributed by atoms with E-state index in [1.54, 1.807) is 14.2 Å². The van der Waals surface area contributed by atoms with Crippen molar-refractivity contribution in [2.45, 2.75) is 24.6 Å². The van der Waals surface area contributed by atoms with Gasteiger partial charge in [-0.15, -0.1) is 24.8 Å². The fourth-order valence-corrected chi connectivity index (χ4v) is 4.57. The quantitative estimate of drug-likeness (QED) is 0.656. The van der Waals surface area contributed by atoms with E-state index >= 15 is 0 Å². The number of fused-ring (bicyclic) bond motifs is 1. The average molecular weight is 455 g/mol. The van der Waals surface area contributed by atoms with Crippen molar-refractivity contribution in [3.8, 4) is 0 Å². The molecule has 0 bridgehead atoms. The third-order valence-electron chi connectivity index (χ3n) is 5.98. The molecule has 0 aliphatic carbocycles. The molecule has 0 amide bonds. The first kappa shape index (κ1) is 25.1. The van der Waals surface area contributed by atoms with E-state index in [-0.39, 0.29) is 43.0 Å². The number of benzene rings is 2. The van der Waals surface area contributed by atoms with Gasteiger partial charge in [0.25, 0.3) is 0 Å². The second-order valence-electron chi connectivity index (χ2n) is 7.51. The Morgan fingerprint density at radius 1 is 0.967 bits per heavy atom. The summed E-state index contributed by atoms with van der Waals surface area (Å²) in [6.45, 7) is 4.51. The number of morpholine rings is 1. The zero-order valence-electron chi connectivity index (χ0n) is 17.6. The maximum Gasteiger partial charge on any atom is 0.137 e. The van der Waals surface area contributed by atoms with Crippen molar-refractivity contribution in [1.82, 2.24) is 9.96 Å². The highest BCUT2D eigenvalue weighted by atomic mass is 35.5. The standard InChI is InChI=1S/C23H30N2O3.2ClH/c1-26-22-16-19-10-6-7-11-20(19)23(25(22)27-2)21(18-8-4-3-5-9-18)17-24-12-14-28-15-13-24;;/h3-11,21-23H,12-17H2,1-2H3;2*1H. The molecule has 2 heterocycles. The molecular formula is C23H32Cl2N2O3. The number of methoxy groups -OCH3 is 1. The van der Waals surface area contributed by atoms with Crippen LogP contribution in [0.1, 0.15) is 28.7 Å². The van der Waals surface area contributed by atoms with Crippen LogP contribution in [-0.4, -0.2) is 63.3 Å². The van der Waals surface area contributed by atoms with Crippen LogP contribution in [0.15, 0.2) is 54.6 Å². The highest BCUT2D eigenvalue weighted by Gasteiger charge is 2.40. The minimum absolute atomic E-state index is 0. The number of nitrogens with zero attached hydrogens (tertiary/aromatic N) is 2. The van der Waals surface area contributed by atoms with Crippen molar-refractivity contribution in [3.63, 3.8) is 0 Å². The van der Waals surface area contributed by atoms with Crippen molar-refractivity contribution in [1.29, 1.82) is 0 Å². The van der Waals surface area contributed by atoms with Crippen molar-refractivity contribution in [2.75, 3.05) is 47.1 Å². The molecule has 2 aromatic carbocycles. The first-order valence-electron chi connectivity index (χ1n) is 10.1. The van der Waals surface area contributed by atoms with Crippen LogP contribution in [-0.2, 0) is 20.7 Å². The topological polar surface area (TPSA) is 34.2 Å². The number of ether oxygens (including phenoxy) is 2. The Bertz CT molecular complexity index is 759. The van der Waals surface area contributed by atoms with Gasteiger partial charge in [-0.25, -0.2) is 0 Å². The third kappa shape index (κ3) is 5.35. The third-order valence-corrected chi connectivity index (χ3v) is 5.98. The summed E-state index contributed by atoms with van der Waals surface area (Å²) in [5, 5.41) is 2.06. The highest BCUT2D eigenvalue weighted by molar-refractivity contribution is 5.85. The molecule has 30 heavy (non-hydrogen) atoms. The molecular weight excluding hydrogens is 423 g/mol. The summed E-state index contributed by atoms with van der Waals surface area (Å²) in [5.74, 6) is 0.262. The second-order valence-corrected chi connectivity index (χ2v) is 7.51. The van der Waals surface area contributed by atoms with E-state index in [9.17, 15) is 0 Å². The van der Waals surface area contributed by atoms with Gasteiger partial charge in [0.05, 0.1) is 26.4 Å². The van der Waals surface area contributed by atoms with E-state index in [4.69, 9.17) is 14.3 Å². The van der Waals surface area contributed by atoms with Gasteiger partial charge in [-0.2, -0.15) is 5.06 Å². The molecule has 7 heteroatoms. The van der Waals surface area contributed by atoms with Crippen LogP contribution < -0.4 is 0 Å². The smallest absolute Gasteiger partial charge is 0.137 e. The van der Waals surface area contributed by atoms with E-state index < -0.39 is 0 Å². The Balaban J connectivity index is 0.00000160. The normalized spacial score (nSPS) is 23.0. The molecule has 0 radical (unpaired) electrons. The van der Waals surface area contributed by atoms with Crippen LogP contribution in [0.2, 0.25) is 0 Å². The molecule has 2 aliphatic rings. The van der Waals surface area contributed by atoms with Crippen molar-refractivity contribution >= 4 is 24.8 Å². The first-order valence-corrected chi connectivity index (χ1v) is 10.1. The Hall–Kier alpha value is -1.18. The maximum atomic E-state index is 5.92. The molecule has 0 spiro atoms. The lowest BCUT2D eigenvalue weighted by Crippen LogP contribution is -2.49. The molecule has 166 valence electrons. The number of halogens is 2. The molecule has 1 fully saturated rings. The van der Waals surface area contributed by atoms with E-state index in [1.807, 2.05) is 0 Å². The summed E-state index contributed by atoms with van der Waals surface area (Å²) < 4.78 is 11.4. The van der Waals surface area contributed by atoms with Crippen LogP contribution in [0.5, 0.6) is 0 Å². The minimum atomic E-state index is -0.0965. The molecule has 0 aromatic heterocycles. The predicted octanol–water partition coefficient (Wildman–Crippen LogP) is 4.08. The first-order chi connectivity index (χ1) is 13.8. The summed E-state index contributed by atoms with van der Waals surface area (Å²) in [5.41, 5.74) is 4.00. The molecule has 2 aliphatic heterocycles. The minimum Gasteiger partial charge on any atom is -0.379 e. The number of rotatable bonds is 6. The van der Waals surface area contributed by atoms with Gasteiger partial charge in [0.1, 0.15) is 6.23 Å². The monoisotopic (exact) mass is 454 g/mol. The van der Waals surface area contributed by atoms with Crippen LogP contribution in [0.25, 0.3) is 0 Å². The lowest BCUT2D eigenvalue weighted by atomic mass is 9.81. The zero-order chi connectivity index (χ0) is 19.3. The molecule has 1 saturated heterocycles. The SMILES string of the molecule is COC1Cc2ccccc2C(C(CN2CCOCC2)c2ccccc2)N1OC.Cl.Cl. The van der Waals surface area contributed by atoms with Gasteiger partial charge in [-0.05, 0) is 16.7 Å². The lowest BCUT2D eigenvalue weighted by molar-refractivity contribution is -0.264. The highest BCUT2D eigenvalue weighted by Crippen LogP contribution is 2.43. The van der Waals surface area contributed by atoms with Gasteiger partial charge < -0.3 is 9.47 Å². The lowest BCUT2D eigenvalue weighted by Gasteiger charge is -2.45. The Labute approximate surface area is 192 Å². The fourth-order valence-electron chi connectivity index (χ4n) is 4.57. The van der Waals surface area contributed by atoms with E-state index in [0.29, 0.717) is 0 Å². The van der Waals surface area contributed by atoms with Crippen LogP contribution in [0.4, 0.5) is 0 Å². The van der Waals surface area contributed by atoms with Crippen LogP contribution in [0.3, 0.4) is 0 Å². The largest absolute Gasteiger partial charge is 0.379 e. The van der Waals surface area contributed by atoms with Gasteiger partial charge in [0, 0.05) is 39.1 Å². The van der Waals surface area contributed by atoms with E-state index in [0.717, 1.165) is 39.3 Å². The Kier molecular flexibility index (Phi) is 10.0. The van der Waals surface area contributed by atoms with E-state index in [2.05, 4.69) is 64.6 Å². The fraction of sp³-hybridized carbons (Fsp3) is 0.478. The number of hydroxylamine groups is 2. The second kappa shape index (κ2) is 12.0. The van der Waals surface area contributed by atoms with Gasteiger partial charge >= 0.3 is 0 Å². The molecule has 0 saturated carbocycles. The predicted molar refractivity (Wildman–Crippen MR) is 123 cm³/mol. The molecule has 3 unspecified atom stereocenters. The Morgan fingerprint density at radius 3 is 2.30 bits per heavy atom. The van der Waals surface area contributed by atoms with E-state index in [1.165, 1.54) is 16.7 Å². The summed E-state index contributed by atoms with van der Waals surface area (Å²) in [6, 6.07) is 19.6. The van der Waals surface area contributed by atoms with Gasteiger partial charge in [-0.3, -0.25) is 9.74 Å². The van der Waals surface area contributed by atoms with Crippen molar-refractivity contribution < 1.29 is 14.3 Å². The Morgan fingerprint density at radius 2 is 1.63 bits per heavy atom. The maximum absolute atomic E-state index is 5.92. The summed E-state index contributed by atoms with van der Waals surface area (Å²) in [7, 11) is 3.52. The summed E-state index contributed by atoms with van der Waals surface area (Å²) >= 11 is 0.